The summed E-state index contributed by atoms with van der Waals surface area (Å²) in [5.74, 6) is 1.04. The zero-order valence-corrected chi connectivity index (χ0v) is 10.5. The van der Waals surface area contributed by atoms with E-state index in [1.54, 1.807) is 11.3 Å². The van der Waals surface area contributed by atoms with E-state index in [2.05, 4.69) is 46.6 Å². The van der Waals surface area contributed by atoms with E-state index >= 15 is 0 Å². The Kier molecular flexibility index (Phi) is 3.74. The first-order chi connectivity index (χ1) is 7.74. The van der Waals surface area contributed by atoms with Gasteiger partial charge in [0.15, 0.2) is 0 Å². The van der Waals surface area contributed by atoms with Crippen molar-refractivity contribution < 1.29 is 0 Å². The molecule has 2 rings (SSSR count). The molecular formula is C12H17N3S. The minimum atomic E-state index is 0.504. The van der Waals surface area contributed by atoms with Crippen molar-refractivity contribution in [3.63, 3.8) is 0 Å². The summed E-state index contributed by atoms with van der Waals surface area (Å²) in [5.41, 5.74) is 1.15. The van der Waals surface area contributed by atoms with Crippen molar-refractivity contribution in [3.05, 3.63) is 40.1 Å². The molecule has 0 atom stereocenters. The Morgan fingerprint density at radius 1 is 1.50 bits per heavy atom. The summed E-state index contributed by atoms with van der Waals surface area (Å²) >= 11 is 1.77. The molecule has 16 heavy (non-hydrogen) atoms. The lowest BCUT2D eigenvalue weighted by Crippen LogP contribution is -2.21. The van der Waals surface area contributed by atoms with Crippen LogP contribution in [0.1, 0.15) is 30.2 Å². The fourth-order valence-electron chi connectivity index (χ4n) is 1.48. The van der Waals surface area contributed by atoms with Crippen LogP contribution in [0.2, 0.25) is 0 Å². The SMILES string of the molecule is CC(C)NCc1cnc(Cc2cccs2)[nH]1. The second-order valence-corrected chi connectivity index (χ2v) is 5.18. The normalized spacial score (nSPS) is 11.2. The monoisotopic (exact) mass is 235 g/mol. The number of imidazole rings is 1. The summed E-state index contributed by atoms with van der Waals surface area (Å²) in [7, 11) is 0. The molecule has 0 aliphatic heterocycles. The van der Waals surface area contributed by atoms with E-state index in [0.29, 0.717) is 6.04 Å². The van der Waals surface area contributed by atoms with Gasteiger partial charge in [0.1, 0.15) is 5.82 Å². The highest BCUT2D eigenvalue weighted by Gasteiger charge is 2.03. The molecule has 0 radical (unpaired) electrons. The molecular weight excluding hydrogens is 218 g/mol. The van der Waals surface area contributed by atoms with Gasteiger partial charge >= 0.3 is 0 Å². The molecule has 0 unspecified atom stereocenters. The third-order valence-electron chi connectivity index (χ3n) is 2.30. The molecule has 2 aromatic rings. The molecule has 4 heteroatoms. The molecule has 2 heterocycles. The van der Waals surface area contributed by atoms with E-state index in [-0.39, 0.29) is 0 Å². The average Bonchev–Trinajstić information content (AvgIpc) is 2.87. The van der Waals surface area contributed by atoms with Gasteiger partial charge < -0.3 is 10.3 Å². The predicted molar refractivity (Wildman–Crippen MR) is 67.7 cm³/mol. The van der Waals surface area contributed by atoms with E-state index in [1.807, 2.05) is 6.20 Å². The fourth-order valence-corrected chi connectivity index (χ4v) is 2.19. The number of hydrogen-bond acceptors (Lipinski definition) is 3. The van der Waals surface area contributed by atoms with Gasteiger partial charge in [-0.2, -0.15) is 0 Å². The number of rotatable bonds is 5. The standard InChI is InChI=1S/C12H17N3S/c1-9(2)13-7-10-8-14-12(15-10)6-11-4-3-5-16-11/h3-5,8-9,13H,6-7H2,1-2H3,(H,14,15). The topological polar surface area (TPSA) is 40.7 Å². The number of nitrogens with one attached hydrogen (secondary N) is 2. The Morgan fingerprint density at radius 3 is 3.06 bits per heavy atom. The highest BCUT2D eigenvalue weighted by molar-refractivity contribution is 7.09. The van der Waals surface area contributed by atoms with Crippen molar-refractivity contribution in [2.75, 3.05) is 0 Å². The molecule has 0 saturated carbocycles. The molecule has 0 fully saturated rings. The number of thiophene rings is 1. The summed E-state index contributed by atoms with van der Waals surface area (Å²) in [5, 5.41) is 5.46. The Labute approximate surface area is 99.9 Å². The summed E-state index contributed by atoms with van der Waals surface area (Å²) in [6.45, 7) is 5.14. The molecule has 0 aliphatic carbocycles. The van der Waals surface area contributed by atoms with Crippen LogP contribution in [-0.2, 0) is 13.0 Å². The minimum absolute atomic E-state index is 0.504. The van der Waals surface area contributed by atoms with E-state index in [9.17, 15) is 0 Å². The molecule has 0 saturated heterocycles. The van der Waals surface area contributed by atoms with Gasteiger partial charge in [-0.05, 0) is 11.4 Å². The highest BCUT2D eigenvalue weighted by Crippen LogP contribution is 2.12. The largest absolute Gasteiger partial charge is 0.345 e. The van der Waals surface area contributed by atoms with Crippen LogP contribution in [0.25, 0.3) is 0 Å². The van der Waals surface area contributed by atoms with Gasteiger partial charge in [0.05, 0.1) is 0 Å². The van der Waals surface area contributed by atoms with Crippen molar-refractivity contribution in [3.8, 4) is 0 Å². The average molecular weight is 235 g/mol. The number of H-pyrrole nitrogens is 1. The van der Waals surface area contributed by atoms with E-state index < -0.39 is 0 Å². The van der Waals surface area contributed by atoms with Gasteiger partial charge in [-0.25, -0.2) is 4.98 Å². The van der Waals surface area contributed by atoms with Crippen LogP contribution in [0.4, 0.5) is 0 Å². The maximum atomic E-state index is 4.38. The molecule has 2 aromatic heterocycles. The maximum absolute atomic E-state index is 4.38. The van der Waals surface area contributed by atoms with Gasteiger partial charge in [0.25, 0.3) is 0 Å². The smallest absolute Gasteiger partial charge is 0.111 e. The molecule has 2 N–H and O–H groups in total. The molecule has 0 aliphatic rings. The highest BCUT2D eigenvalue weighted by atomic mass is 32.1. The minimum Gasteiger partial charge on any atom is -0.345 e. The van der Waals surface area contributed by atoms with Gasteiger partial charge in [-0.1, -0.05) is 19.9 Å². The van der Waals surface area contributed by atoms with Gasteiger partial charge in [-0.3, -0.25) is 0 Å². The van der Waals surface area contributed by atoms with Crippen LogP contribution < -0.4 is 5.32 Å². The fraction of sp³-hybridized carbons (Fsp3) is 0.417. The lowest BCUT2D eigenvalue weighted by molar-refractivity contribution is 0.582. The van der Waals surface area contributed by atoms with Gasteiger partial charge in [0.2, 0.25) is 0 Å². The number of aromatic nitrogens is 2. The number of nitrogens with zero attached hydrogens (tertiary/aromatic N) is 1. The summed E-state index contributed by atoms with van der Waals surface area (Å²) in [6.07, 6.45) is 2.82. The van der Waals surface area contributed by atoms with E-state index in [4.69, 9.17) is 0 Å². The van der Waals surface area contributed by atoms with Gasteiger partial charge in [-0.15, -0.1) is 11.3 Å². The van der Waals surface area contributed by atoms with Crippen molar-refractivity contribution in [1.29, 1.82) is 0 Å². The molecule has 0 amide bonds. The lowest BCUT2D eigenvalue weighted by Gasteiger charge is -2.05. The zero-order chi connectivity index (χ0) is 11.4. The molecule has 3 nitrogen and oxygen atoms in total. The van der Waals surface area contributed by atoms with Crippen molar-refractivity contribution >= 4 is 11.3 Å². The Balaban J connectivity index is 1.92. The predicted octanol–water partition coefficient (Wildman–Crippen LogP) is 2.56. The second kappa shape index (κ2) is 5.27. The van der Waals surface area contributed by atoms with Crippen LogP contribution in [0.3, 0.4) is 0 Å². The van der Waals surface area contributed by atoms with Crippen molar-refractivity contribution in [1.82, 2.24) is 15.3 Å². The van der Waals surface area contributed by atoms with Crippen molar-refractivity contribution in [2.45, 2.75) is 32.9 Å². The lowest BCUT2D eigenvalue weighted by atomic mass is 10.3. The summed E-state index contributed by atoms with van der Waals surface area (Å²) in [6, 6.07) is 4.72. The first-order valence-corrected chi connectivity index (χ1v) is 6.40. The summed E-state index contributed by atoms with van der Waals surface area (Å²) in [4.78, 5) is 9.07. The number of hydrogen-bond donors (Lipinski definition) is 2. The van der Waals surface area contributed by atoms with Crippen LogP contribution in [-0.4, -0.2) is 16.0 Å². The molecule has 0 spiro atoms. The molecule has 86 valence electrons. The summed E-state index contributed by atoms with van der Waals surface area (Å²) < 4.78 is 0. The molecule has 0 bridgehead atoms. The third kappa shape index (κ3) is 3.18. The molecule has 0 aromatic carbocycles. The third-order valence-corrected chi connectivity index (χ3v) is 3.18. The van der Waals surface area contributed by atoms with E-state index in [0.717, 1.165) is 24.5 Å². The van der Waals surface area contributed by atoms with Crippen LogP contribution in [0.15, 0.2) is 23.7 Å². The van der Waals surface area contributed by atoms with Crippen LogP contribution >= 0.6 is 11.3 Å². The quantitative estimate of drug-likeness (QED) is 0.836. The van der Waals surface area contributed by atoms with Crippen molar-refractivity contribution in [2.24, 2.45) is 0 Å². The Morgan fingerprint density at radius 2 is 2.38 bits per heavy atom. The maximum Gasteiger partial charge on any atom is 0.111 e. The Bertz CT molecular complexity index is 417. The van der Waals surface area contributed by atoms with Crippen LogP contribution in [0, 0.1) is 0 Å². The first-order valence-electron chi connectivity index (χ1n) is 5.52. The zero-order valence-electron chi connectivity index (χ0n) is 9.66. The van der Waals surface area contributed by atoms with Gasteiger partial charge in [0, 0.05) is 35.8 Å². The Hall–Kier alpha value is -1.13. The second-order valence-electron chi connectivity index (χ2n) is 4.15. The van der Waals surface area contributed by atoms with E-state index in [1.165, 1.54) is 4.88 Å². The number of aromatic amines is 1. The van der Waals surface area contributed by atoms with Crippen LogP contribution in [0.5, 0.6) is 0 Å². The first kappa shape index (κ1) is 11.4.